The van der Waals surface area contributed by atoms with Gasteiger partial charge in [0, 0.05) is 23.8 Å². The van der Waals surface area contributed by atoms with Crippen LogP contribution in [0.3, 0.4) is 0 Å². The minimum absolute atomic E-state index is 0.162. The number of carbonyl (C=O) groups is 3. The highest BCUT2D eigenvalue weighted by Gasteiger charge is 2.58. The van der Waals surface area contributed by atoms with Gasteiger partial charge in [-0.05, 0) is 28.8 Å². The van der Waals surface area contributed by atoms with Crippen LogP contribution >= 0.6 is 0 Å². The number of esters is 2. The average Bonchev–Trinajstić information content (AvgIpc) is 3.22. The van der Waals surface area contributed by atoms with E-state index in [0.717, 1.165) is 6.08 Å². The van der Waals surface area contributed by atoms with Crippen molar-refractivity contribution in [1.29, 1.82) is 0 Å². The minimum atomic E-state index is -2.56. The SMILES string of the molecule is NC(=O)C1(C(=O)OC(c2ccccc2)c2ccccc2)OC(=O)C=C1c1ccc([N+](=O)[O-])cc1. The van der Waals surface area contributed by atoms with Gasteiger partial charge >= 0.3 is 17.5 Å². The summed E-state index contributed by atoms with van der Waals surface area (Å²) in [5, 5.41) is 11.0. The third-order valence-electron chi connectivity index (χ3n) is 5.35. The Bertz CT molecular complexity index is 1250. The fourth-order valence-corrected chi connectivity index (χ4v) is 3.71. The number of nitro benzene ring substituents is 1. The van der Waals surface area contributed by atoms with Crippen LogP contribution in [-0.4, -0.2) is 28.4 Å². The van der Waals surface area contributed by atoms with Gasteiger partial charge in [0.1, 0.15) is 0 Å². The van der Waals surface area contributed by atoms with Gasteiger partial charge in [-0.3, -0.25) is 14.9 Å². The lowest BCUT2D eigenvalue weighted by molar-refractivity contribution is -0.384. The molecule has 2 N–H and O–H groups in total. The molecule has 1 unspecified atom stereocenters. The Morgan fingerprint density at radius 2 is 1.44 bits per heavy atom. The highest BCUT2D eigenvalue weighted by molar-refractivity contribution is 6.23. The van der Waals surface area contributed by atoms with Crippen molar-refractivity contribution in [2.75, 3.05) is 0 Å². The summed E-state index contributed by atoms with van der Waals surface area (Å²) in [6.45, 7) is 0. The van der Waals surface area contributed by atoms with E-state index >= 15 is 0 Å². The average molecular weight is 458 g/mol. The standard InChI is InChI=1S/C25H18N2O7/c26-23(29)25(20(15-21(28)34-25)16-11-13-19(14-12-16)27(31)32)24(30)33-22(17-7-3-1-4-8-17)18-9-5-2-6-10-18/h1-15,22H,(H2,26,29). The van der Waals surface area contributed by atoms with Gasteiger partial charge in [-0.25, -0.2) is 9.59 Å². The molecule has 1 amide bonds. The van der Waals surface area contributed by atoms with Crippen LogP contribution in [0, 0.1) is 10.1 Å². The number of amides is 1. The van der Waals surface area contributed by atoms with E-state index in [2.05, 4.69) is 0 Å². The van der Waals surface area contributed by atoms with Gasteiger partial charge < -0.3 is 15.2 Å². The molecule has 9 heteroatoms. The lowest BCUT2D eigenvalue weighted by atomic mass is 9.88. The van der Waals surface area contributed by atoms with Crippen LogP contribution in [0.4, 0.5) is 5.69 Å². The molecule has 0 saturated heterocycles. The number of cyclic esters (lactones) is 1. The second-order valence-corrected chi connectivity index (χ2v) is 7.44. The summed E-state index contributed by atoms with van der Waals surface area (Å²) in [5.41, 5.74) is 4.06. The van der Waals surface area contributed by atoms with Gasteiger partial charge in [0.05, 0.1) is 4.92 Å². The highest BCUT2D eigenvalue weighted by atomic mass is 16.6. The van der Waals surface area contributed by atoms with Crippen molar-refractivity contribution in [2.45, 2.75) is 11.7 Å². The summed E-state index contributed by atoms with van der Waals surface area (Å²) in [6.07, 6.45) is 0.0243. The van der Waals surface area contributed by atoms with Crippen molar-refractivity contribution in [3.05, 3.63) is 118 Å². The molecule has 1 aliphatic rings. The number of nitro groups is 1. The molecule has 0 saturated carbocycles. The van der Waals surface area contributed by atoms with Crippen LogP contribution in [0.25, 0.3) is 5.57 Å². The summed E-state index contributed by atoms with van der Waals surface area (Å²) >= 11 is 0. The molecule has 0 fully saturated rings. The fraction of sp³-hybridized carbons (Fsp3) is 0.0800. The number of primary amides is 1. The van der Waals surface area contributed by atoms with E-state index in [4.69, 9.17) is 15.2 Å². The smallest absolute Gasteiger partial charge is 0.366 e. The molecule has 1 aliphatic heterocycles. The van der Waals surface area contributed by atoms with E-state index in [0.29, 0.717) is 11.1 Å². The van der Waals surface area contributed by atoms with E-state index in [1.54, 1.807) is 60.7 Å². The Kier molecular flexibility index (Phi) is 5.92. The normalized spacial score (nSPS) is 17.1. The summed E-state index contributed by atoms with van der Waals surface area (Å²) in [7, 11) is 0. The monoisotopic (exact) mass is 458 g/mol. The minimum Gasteiger partial charge on any atom is -0.449 e. The lowest BCUT2D eigenvalue weighted by Crippen LogP contribution is -2.53. The number of benzene rings is 3. The van der Waals surface area contributed by atoms with Crippen molar-refractivity contribution in [1.82, 2.24) is 0 Å². The van der Waals surface area contributed by atoms with E-state index in [9.17, 15) is 24.5 Å². The zero-order valence-electron chi connectivity index (χ0n) is 17.6. The predicted octanol–water partition coefficient (Wildman–Crippen LogP) is 3.09. The Hall–Kier alpha value is -4.79. The number of carbonyl (C=O) groups excluding carboxylic acids is 3. The van der Waals surface area contributed by atoms with E-state index in [-0.39, 0.29) is 16.8 Å². The molecule has 1 heterocycles. The number of non-ortho nitro benzene ring substituents is 1. The van der Waals surface area contributed by atoms with Crippen LogP contribution in [0.15, 0.2) is 91.0 Å². The van der Waals surface area contributed by atoms with E-state index in [1.807, 2.05) is 0 Å². The van der Waals surface area contributed by atoms with Crippen molar-refractivity contribution in [3.8, 4) is 0 Å². The molecule has 0 spiro atoms. The Labute approximate surface area is 193 Å². The molecule has 4 rings (SSSR count). The highest BCUT2D eigenvalue weighted by Crippen LogP contribution is 2.39. The first-order valence-electron chi connectivity index (χ1n) is 10.1. The summed E-state index contributed by atoms with van der Waals surface area (Å²) in [4.78, 5) is 48.8. The van der Waals surface area contributed by atoms with Gasteiger partial charge in [-0.1, -0.05) is 60.7 Å². The third-order valence-corrected chi connectivity index (χ3v) is 5.35. The first-order valence-corrected chi connectivity index (χ1v) is 10.1. The molecule has 3 aromatic carbocycles. The molecule has 170 valence electrons. The van der Waals surface area contributed by atoms with Crippen molar-refractivity contribution in [2.24, 2.45) is 5.73 Å². The second-order valence-electron chi connectivity index (χ2n) is 7.44. The molecular formula is C25H18N2O7. The van der Waals surface area contributed by atoms with Crippen LogP contribution in [0.5, 0.6) is 0 Å². The number of ether oxygens (including phenoxy) is 2. The maximum Gasteiger partial charge on any atom is 0.366 e. The molecule has 34 heavy (non-hydrogen) atoms. The molecule has 0 bridgehead atoms. The number of nitrogens with two attached hydrogens (primary N) is 1. The van der Waals surface area contributed by atoms with Gasteiger partial charge in [-0.15, -0.1) is 0 Å². The van der Waals surface area contributed by atoms with Crippen molar-refractivity contribution in [3.63, 3.8) is 0 Å². The van der Waals surface area contributed by atoms with Gasteiger partial charge in [0.15, 0.2) is 6.10 Å². The number of rotatable bonds is 7. The second kappa shape index (κ2) is 8.99. The molecule has 1 atom stereocenters. The first kappa shape index (κ1) is 22.4. The zero-order valence-corrected chi connectivity index (χ0v) is 17.6. The van der Waals surface area contributed by atoms with Crippen LogP contribution < -0.4 is 5.73 Å². The lowest BCUT2D eigenvalue weighted by Gasteiger charge is -2.28. The largest absolute Gasteiger partial charge is 0.449 e. The van der Waals surface area contributed by atoms with Gasteiger partial charge in [0.25, 0.3) is 11.6 Å². The maximum absolute atomic E-state index is 13.5. The van der Waals surface area contributed by atoms with E-state index in [1.165, 1.54) is 24.3 Å². The maximum atomic E-state index is 13.5. The summed E-state index contributed by atoms with van der Waals surface area (Å²) in [6, 6.07) is 22.6. The van der Waals surface area contributed by atoms with E-state index < -0.39 is 34.5 Å². The van der Waals surface area contributed by atoms with Crippen molar-refractivity contribution >= 4 is 29.1 Å². The number of hydrogen-bond donors (Lipinski definition) is 1. The Balaban J connectivity index is 1.76. The van der Waals surface area contributed by atoms with Crippen LogP contribution in [-0.2, 0) is 23.9 Å². The number of nitrogens with zero attached hydrogens (tertiary/aromatic N) is 1. The third kappa shape index (κ3) is 4.02. The van der Waals surface area contributed by atoms with Crippen molar-refractivity contribution < 1.29 is 28.8 Å². The Morgan fingerprint density at radius 3 is 1.91 bits per heavy atom. The first-order chi connectivity index (χ1) is 16.3. The molecule has 9 nitrogen and oxygen atoms in total. The Morgan fingerprint density at radius 1 is 0.912 bits per heavy atom. The quantitative estimate of drug-likeness (QED) is 0.248. The number of hydrogen-bond acceptors (Lipinski definition) is 7. The molecule has 0 aliphatic carbocycles. The topological polar surface area (TPSA) is 139 Å². The van der Waals surface area contributed by atoms with Crippen LogP contribution in [0.1, 0.15) is 22.8 Å². The molecular weight excluding hydrogens is 440 g/mol. The zero-order chi connectivity index (χ0) is 24.3. The van der Waals surface area contributed by atoms with Gasteiger partial charge in [-0.2, -0.15) is 0 Å². The van der Waals surface area contributed by atoms with Gasteiger partial charge in [0.2, 0.25) is 0 Å². The molecule has 0 radical (unpaired) electrons. The van der Waals surface area contributed by atoms with Crippen LogP contribution in [0.2, 0.25) is 0 Å². The molecule has 0 aromatic heterocycles. The molecule has 3 aromatic rings. The summed E-state index contributed by atoms with van der Waals surface area (Å²) in [5.74, 6) is -3.42. The fourth-order valence-electron chi connectivity index (χ4n) is 3.71. The predicted molar refractivity (Wildman–Crippen MR) is 120 cm³/mol. The summed E-state index contributed by atoms with van der Waals surface area (Å²) < 4.78 is 10.9.